The highest BCUT2D eigenvalue weighted by Crippen LogP contribution is 2.31. The lowest BCUT2D eigenvalue weighted by Crippen LogP contribution is -2.57. The number of aromatic nitrogens is 2. The molecule has 1 atom stereocenters. The molecule has 8 nitrogen and oxygen atoms in total. The predicted molar refractivity (Wildman–Crippen MR) is 117 cm³/mol. The van der Waals surface area contributed by atoms with E-state index in [1.165, 1.54) is 0 Å². The minimum Gasteiger partial charge on any atom is -0.444 e. The van der Waals surface area contributed by atoms with Gasteiger partial charge in [-0.15, -0.1) is 4.98 Å². The van der Waals surface area contributed by atoms with E-state index in [-0.39, 0.29) is 29.4 Å². The molecule has 0 aliphatic carbocycles. The van der Waals surface area contributed by atoms with Gasteiger partial charge in [0, 0.05) is 38.8 Å². The number of pyridine rings is 2. The van der Waals surface area contributed by atoms with Crippen LogP contribution < -0.4 is 10.5 Å². The number of carbonyl (C=O) groups is 1. The maximum Gasteiger partial charge on any atom is 0.410 e. The third-order valence-corrected chi connectivity index (χ3v) is 5.32. The number of amides is 1. The summed E-state index contributed by atoms with van der Waals surface area (Å²) in [6.45, 7) is 18.6. The Morgan fingerprint density at radius 1 is 1.30 bits per heavy atom. The van der Waals surface area contributed by atoms with Crippen LogP contribution in [-0.4, -0.2) is 51.8 Å². The normalized spacial score (nSPS) is 17.3. The molecule has 0 spiro atoms. The average molecular weight is 412 g/mol. The predicted octanol–water partition coefficient (Wildman–Crippen LogP) is 3.57. The molecular formula is C22H29N5O3. The van der Waals surface area contributed by atoms with Gasteiger partial charge in [0.2, 0.25) is 5.52 Å². The Bertz CT molecular complexity index is 1060. The second-order valence-corrected chi connectivity index (χ2v) is 9.01. The van der Waals surface area contributed by atoms with Gasteiger partial charge in [-0.2, -0.15) is 0 Å². The van der Waals surface area contributed by atoms with E-state index in [0.29, 0.717) is 36.4 Å². The first kappa shape index (κ1) is 21.6. The summed E-state index contributed by atoms with van der Waals surface area (Å²) in [5.74, 6) is 0.509. The van der Waals surface area contributed by atoms with Crippen molar-refractivity contribution in [2.45, 2.75) is 46.3 Å². The summed E-state index contributed by atoms with van der Waals surface area (Å²) in [5, 5.41) is 0. The minimum atomic E-state index is -0.552. The van der Waals surface area contributed by atoms with Crippen LogP contribution in [0.4, 0.5) is 16.3 Å². The van der Waals surface area contributed by atoms with Crippen LogP contribution in [0.1, 0.15) is 34.6 Å². The molecule has 1 amide bonds. The van der Waals surface area contributed by atoms with Crippen molar-refractivity contribution in [1.29, 1.82) is 0 Å². The molecule has 2 aromatic rings. The standard InChI is InChI=1S/C22H29N5O3/c1-14(2)17-13-26(21(29)30-22(3,4)5)10-11-27(17)16-12-19(28)25(7)15-8-9-18(23-6)24-20(15)16/h8-9,12,14,17H,10-11,13H2,1-5,7H3/t17-/m0/s1. The summed E-state index contributed by atoms with van der Waals surface area (Å²) in [6, 6.07) is 4.96. The number of anilines is 1. The number of piperazine rings is 1. The Labute approximate surface area is 176 Å². The number of hydrogen-bond donors (Lipinski definition) is 0. The van der Waals surface area contributed by atoms with E-state index >= 15 is 0 Å². The highest BCUT2D eigenvalue weighted by atomic mass is 16.6. The zero-order chi connectivity index (χ0) is 22.2. The number of rotatable bonds is 2. The van der Waals surface area contributed by atoms with Gasteiger partial charge in [0.25, 0.3) is 11.4 Å². The zero-order valence-electron chi connectivity index (χ0n) is 18.5. The second-order valence-electron chi connectivity index (χ2n) is 9.01. The maximum atomic E-state index is 12.6. The van der Waals surface area contributed by atoms with Crippen molar-refractivity contribution in [3.63, 3.8) is 0 Å². The zero-order valence-corrected chi connectivity index (χ0v) is 18.5. The first-order chi connectivity index (χ1) is 14.0. The van der Waals surface area contributed by atoms with Crippen LogP contribution in [0.25, 0.3) is 15.9 Å². The highest BCUT2D eigenvalue weighted by Gasteiger charge is 2.35. The molecule has 0 radical (unpaired) electrons. The summed E-state index contributed by atoms with van der Waals surface area (Å²) < 4.78 is 7.09. The fraction of sp³-hybridized carbons (Fsp3) is 0.545. The van der Waals surface area contributed by atoms with Gasteiger partial charge in [0.05, 0.1) is 11.2 Å². The smallest absolute Gasteiger partial charge is 0.410 e. The number of fused-ring (bicyclic) bond motifs is 1. The molecule has 0 saturated carbocycles. The highest BCUT2D eigenvalue weighted by molar-refractivity contribution is 5.90. The SMILES string of the molecule is [C-]#[N+]c1ccc2c(n1)c(N1CCN(C(=O)OC(C)(C)C)C[C@H]1C(C)C)cc(=O)n2C. The molecular weight excluding hydrogens is 382 g/mol. The number of aryl methyl sites for hydroxylation is 1. The lowest BCUT2D eigenvalue weighted by Gasteiger charge is -2.44. The molecule has 1 aliphatic heterocycles. The van der Waals surface area contributed by atoms with E-state index in [4.69, 9.17) is 11.3 Å². The second kappa shape index (κ2) is 7.98. The maximum absolute atomic E-state index is 12.6. The Balaban J connectivity index is 2.02. The van der Waals surface area contributed by atoms with Gasteiger partial charge in [-0.3, -0.25) is 4.79 Å². The van der Waals surface area contributed by atoms with Gasteiger partial charge < -0.3 is 23.9 Å². The largest absolute Gasteiger partial charge is 0.444 e. The monoisotopic (exact) mass is 411 g/mol. The quantitative estimate of drug-likeness (QED) is 0.707. The Morgan fingerprint density at radius 2 is 2.00 bits per heavy atom. The number of hydrogen-bond acceptors (Lipinski definition) is 5. The fourth-order valence-electron chi connectivity index (χ4n) is 3.75. The van der Waals surface area contributed by atoms with Crippen LogP contribution in [0.2, 0.25) is 0 Å². The summed E-state index contributed by atoms with van der Waals surface area (Å²) in [6.07, 6.45) is -0.324. The van der Waals surface area contributed by atoms with E-state index in [2.05, 4.69) is 28.6 Å². The van der Waals surface area contributed by atoms with Gasteiger partial charge in [-0.25, -0.2) is 4.79 Å². The van der Waals surface area contributed by atoms with Gasteiger partial charge >= 0.3 is 6.09 Å². The molecule has 2 aromatic heterocycles. The van der Waals surface area contributed by atoms with Crippen molar-refractivity contribution >= 4 is 28.6 Å². The first-order valence-electron chi connectivity index (χ1n) is 10.1. The third-order valence-electron chi connectivity index (χ3n) is 5.32. The van der Waals surface area contributed by atoms with Gasteiger partial charge in [0.1, 0.15) is 5.60 Å². The van der Waals surface area contributed by atoms with E-state index in [1.807, 2.05) is 20.8 Å². The molecule has 3 heterocycles. The molecule has 1 fully saturated rings. The number of ether oxygens (including phenoxy) is 1. The molecule has 30 heavy (non-hydrogen) atoms. The Hall–Kier alpha value is -3.08. The third kappa shape index (κ3) is 4.25. The molecule has 8 heteroatoms. The van der Waals surface area contributed by atoms with E-state index in [9.17, 15) is 9.59 Å². The first-order valence-corrected chi connectivity index (χ1v) is 10.1. The summed E-state index contributed by atoms with van der Waals surface area (Å²) in [4.78, 5) is 37.1. The molecule has 160 valence electrons. The fourth-order valence-corrected chi connectivity index (χ4v) is 3.75. The summed E-state index contributed by atoms with van der Waals surface area (Å²) >= 11 is 0. The van der Waals surface area contributed by atoms with Crippen LogP contribution >= 0.6 is 0 Å². The van der Waals surface area contributed by atoms with Crippen LogP contribution in [0.3, 0.4) is 0 Å². The minimum absolute atomic E-state index is 0.0139. The van der Waals surface area contributed by atoms with Crippen molar-refractivity contribution < 1.29 is 9.53 Å². The van der Waals surface area contributed by atoms with E-state index in [0.717, 1.165) is 0 Å². The van der Waals surface area contributed by atoms with Crippen LogP contribution in [-0.2, 0) is 11.8 Å². The van der Waals surface area contributed by atoms with Gasteiger partial charge in [0.15, 0.2) is 0 Å². The van der Waals surface area contributed by atoms with E-state index in [1.54, 1.807) is 34.7 Å². The Morgan fingerprint density at radius 3 is 2.60 bits per heavy atom. The molecule has 1 saturated heterocycles. The molecule has 0 bridgehead atoms. The number of nitrogens with zero attached hydrogens (tertiary/aromatic N) is 5. The molecule has 1 aliphatic rings. The lowest BCUT2D eigenvalue weighted by atomic mass is 9.98. The molecule has 0 N–H and O–H groups in total. The molecule has 0 unspecified atom stereocenters. The topological polar surface area (TPSA) is 72.0 Å². The Kier molecular flexibility index (Phi) is 5.75. The van der Waals surface area contributed by atoms with E-state index < -0.39 is 5.60 Å². The summed E-state index contributed by atoms with van der Waals surface area (Å²) in [7, 11) is 1.70. The van der Waals surface area contributed by atoms with Crippen molar-refractivity contribution in [2.75, 3.05) is 24.5 Å². The van der Waals surface area contributed by atoms with Crippen molar-refractivity contribution in [3.8, 4) is 0 Å². The van der Waals surface area contributed by atoms with Crippen LogP contribution in [0, 0.1) is 12.5 Å². The van der Waals surface area contributed by atoms with Crippen molar-refractivity contribution in [1.82, 2.24) is 14.5 Å². The van der Waals surface area contributed by atoms with Crippen molar-refractivity contribution in [2.24, 2.45) is 13.0 Å². The molecule has 3 rings (SSSR count). The van der Waals surface area contributed by atoms with Crippen LogP contribution in [0.15, 0.2) is 23.0 Å². The number of carbonyl (C=O) groups excluding carboxylic acids is 1. The summed E-state index contributed by atoms with van der Waals surface area (Å²) in [5.41, 5.74) is 1.33. The van der Waals surface area contributed by atoms with Crippen LogP contribution in [0.5, 0.6) is 0 Å². The van der Waals surface area contributed by atoms with Gasteiger partial charge in [-0.1, -0.05) is 20.4 Å². The average Bonchev–Trinajstić information content (AvgIpc) is 2.68. The lowest BCUT2D eigenvalue weighted by molar-refractivity contribution is 0.0202. The van der Waals surface area contributed by atoms with Crippen molar-refractivity contribution in [3.05, 3.63) is 40.0 Å². The van der Waals surface area contributed by atoms with Gasteiger partial charge in [-0.05, 0) is 38.8 Å². The molecule has 0 aromatic carbocycles.